The lowest BCUT2D eigenvalue weighted by atomic mass is 10.1. The Morgan fingerprint density at radius 2 is 1.93 bits per heavy atom. The van der Waals surface area contributed by atoms with E-state index in [0.717, 1.165) is 17.2 Å². The van der Waals surface area contributed by atoms with Gasteiger partial charge in [0.25, 0.3) is 11.6 Å². The van der Waals surface area contributed by atoms with Gasteiger partial charge in [0.2, 0.25) is 0 Å². The number of ether oxygens (including phenoxy) is 1. The number of amides is 1. The van der Waals surface area contributed by atoms with Crippen molar-refractivity contribution in [2.75, 3.05) is 25.5 Å². The fourth-order valence-electron chi connectivity index (χ4n) is 2.51. The van der Waals surface area contributed by atoms with Gasteiger partial charge in [0.05, 0.1) is 10.5 Å². The van der Waals surface area contributed by atoms with E-state index in [1.165, 1.54) is 12.1 Å². The van der Waals surface area contributed by atoms with Gasteiger partial charge in [-0.15, -0.1) is 0 Å². The van der Waals surface area contributed by atoms with Crippen LogP contribution in [0.15, 0.2) is 42.5 Å². The van der Waals surface area contributed by atoms with E-state index in [2.05, 4.69) is 10.6 Å². The molecule has 0 radical (unpaired) electrons. The van der Waals surface area contributed by atoms with Crippen molar-refractivity contribution in [1.29, 1.82) is 0 Å². The number of esters is 1. The molecule has 2 N–H and O–H groups in total. The second-order valence-corrected chi connectivity index (χ2v) is 5.84. The first-order valence-corrected chi connectivity index (χ1v) is 8.37. The number of hydrogen-bond acceptors (Lipinski definition) is 6. The number of nitrogens with one attached hydrogen (secondary N) is 2. The standard InChI is InChI=1S/C19H21N3O5/c1-13-5-3-4-6-14(13)9-10-21-18(23)12-27-19(24)15-7-8-16(20-2)17(11-15)22(25)26/h3-8,11,20H,9-10,12H2,1-2H3,(H,21,23). The zero-order valence-corrected chi connectivity index (χ0v) is 15.2. The van der Waals surface area contributed by atoms with E-state index in [1.807, 2.05) is 31.2 Å². The molecule has 2 rings (SSSR count). The van der Waals surface area contributed by atoms with E-state index >= 15 is 0 Å². The molecule has 0 aliphatic carbocycles. The van der Waals surface area contributed by atoms with Gasteiger partial charge in [-0.25, -0.2) is 4.79 Å². The third-order valence-corrected chi connectivity index (χ3v) is 4.01. The molecule has 0 saturated carbocycles. The lowest BCUT2D eigenvalue weighted by Gasteiger charge is -2.09. The van der Waals surface area contributed by atoms with Crippen LogP contribution in [0.2, 0.25) is 0 Å². The Kier molecular flexibility index (Phi) is 6.87. The maximum Gasteiger partial charge on any atom is 0.338 e. The first-order valence-electron chi connectivity index (χ1n) is 8.37. The molecular weight excluding hydrogens is 350 g/mol. The predicted molar refractivity (Wildman–Crippen MR) is 101 cm³/mol. The van der Waals surface area contributed by atoms with Gasteiger partial charge in [-0.2, -0.15) is 0 Å². The Bertz CT molecular complexity index is 851. The molecule has 0 bridgehead atoms. The number of carbonyl (C=O) groups excluding carboxylic acids is 2. The molecule has 0 atom stereocenters. The Hall–Kier alpha value is -3.42. The first kappa shape index (κ1) is 19.9. The van der Waals surface area contributed by atoms with Crippen LogP contribution in [0.3, 0.4) is 0 Å². The lowest BCUT2D eigenvalue weighted by molar-refractivity contribution is -0.384. The molecule has 0 aliphatic heterocycles. The summed E-state index contributed by atoms with van der Waals surface area (Å²) in [5, 5.41) is 16.4. The van der Waals surface area contributed by atoms with Crippen LogP contribution in [-0.4, -0.2) is 37.0 Å². The zero-order valence-electron chi connectivity index (χ0n) is 15.2. The van der Waals surface area contributed by atoms with Crippen molar-refractivity contribution in [3.8, 4) is 0 Å². The second kappa shape index (κ2) is 9.33. The monoisotopic (exact) mass is 371 g/mol. The smallest absolute Gasteiger partial charge is 0.338 e. The van der Waals surface area contributed by atoms with Crippen LogP contribution >= 0.6 is 0 Å². The highest BCUT2D eigenvalue weighted by Crippen LogP contribution is 2.25. The number of aryl methyl sites for hydroxylation is 1. The summed E-state index contributed by atoms with van der Waals surface area (Å²) >= 11 is 0. The number of carbonyl (C=O) groups is 2. The molecule has 2 aromatic rings. The summed E-state index contributed by atoms with van der Waals surface area (Å²) in [5.41, 5.74) is 2.32. The highest BCUT2D eigenvalue weighted by molar-refractivity contribution is 5.93. The Labute approximate surface area is 156 Å². The van der Waals surface area contributed by atoms with E-state index in [0.29, 0.717) is 13.0 Å². The topological polar surface area (TPSA) is 111 Å². The summed E-state index contributed by atoms with van der Waals surface area (Å²) in [7, 11) is 1.54. The Morgan fingerprint density at radius 3 is 2.59 bits per heavy atom. The van der Waals surface area contributed by atoms with Gasteiger partial charge in [-0.3, -0.25) is 14.9 Å². The van der Waals surface area contributed by atoms with Gasteiger partial charge in [-0.05, 0) is 36.6 Å². The highest BCUT2D eigenvalue weighted by Gasteiger charge is 2.18. The summed E-state index contributed by atoms with van der Waals surface area (Å²) in [6.07, 6.45) is 0.671. The minimum atomic E-state index is -0.796. The summed E-state index contributed by atoms with van der Waals surface area (Å²) in [5.74, 6) is -1.23. The van der Waals surface area contributed by atoms with Crippen molar-refractivity contribution in [2.24, 2.45) is 0 Å². The molecular formula is C19H21N3O5. The summed E-state index contributed by atoms with van der Waals surface area (Å²) in [6, 6.07) is 11.8. The van der Waals surface area contributed by atoms with Crippen LogP contribution < -0.4 is 10.6 Å². The van der Waals surface area contributed by atoms with Crippen LogP contribution in [0.25, 0.3) is 0 Å². The van der Waals surface area contributed by atoms with Crippen molar-refractivity contribution in [1.82, 2.24) is 5.32 Å². The van der Waals surface area contributed by atoms with E-state index in [4.69, 9.17) is 4.74 Å². The van der Waals surface area contributed by atoms with Crippen LogP contribution in [0.1, 0.15) is 21.5 Å². The van der Waals surface area contributed by atoms with Crippen LogP contribution in [0.5, 0.6) is 0 Å². The zero-order chi connectivity index (χ0) is 19.8. The Balaban J connectivity index is 1.84. The van der Waals surface area contributed by atoms with Gasteiger partial charge in [0.1, 0.15) is 5.69 Å². The maximum absolute atomic E-state index is 12.0. The average molecular weight is 371 g/mol. The minimum absolute atomic E-state index is 0.00779. The summed E-state index contributed by atoms with van der Waals surface area (Å²) in [4.78, 5) is 34.3. The van der Waals surface area contributed by atoms with Gasteiger partial charge in [0.15, 0.2) is 6.61 Å². The molecule has 8 heteroatoms. The molecule has 0 aromatic heterocycles. The second-order valence-electron chi connectivity index (χ2n) is 5.84. The van der Waals surface area contributed by atoms with Crippen LogP contribution in [-0.2, 0) is 16.0 Å². The summed E-state index contributed by atoms with van der Waals surface area (Å²) < 4.78 is 4.93. The van der Waals surface area contributed by atoms with Gasteiger partial charge >= 0.3 is 5.97 Å². The fourth-order valence-corrected chi connectivity index (χ4v) is 2.51. The van der Waals surface area contributed by atoms with Crippen molar-refractivity contribution < 1.29 is 19.2 Å². The SMILES string of the molecule is CNc1ccc(C(=O)OCC(=O)NCCc2ccccc2C)cc1[N+](=O)[O-]. The molecule has 0 unspecified atom stereocenters. The minimum Gasteiger partial charge on any atom is -0.452 e. The molecule has 142 valence electrons. The van der Waals surface area contributed by atoms with Gasteiger partial charge < -0.3 is 15.4 Å². The van der Waals surface area contributed by atoms with Crippen molar-refractivity contribution in [2.45, 2.75) is 13.3 Å². The molecule has 1 amide bonds. The number of benzene rings is 2. The number of nitro groups is 1. The van der Waals surface area contributed by atoms with Crippen molar-refractivity contribution in [3.63, 3.8) is 0 Å². The van der Waals surface area contributed by atoms with E-state index in [9.17, 15) is 19.7 Å². The summed E-state index contributed by atoms with van der Waals surface area (Å²) in [6.45, 7) is 1.97. The Morgan fingerprint density at radius 1 is 1.19 bits per heavy atom. The molecule has 0 fully saturated rings. The normalized spacial score (nSPS) is 10.1. The predicted octanol–water partition coefficient (Wildman–Crippen LogP) is 2.46. The molecule has 27 heavy (non-hydrogen) atoms. The van der Waals surface area contributed by atoms with E-state index < -0.39 is 23.4 Å². The third kappa shape index (κ3) is 5.53. The highest BCUT2D eigenvalue weighted by atomic mass is 16.6. The van der Waals surface area contributed by atoms with E-state index in [-0.39, 0.29) is 16.9 Å². The van der Waals surface area contributed by atoms with Crippen molar-refractivity contribution in [3.05, 3.63) is 69.3 Å². The average Bonchev–Trinajstić information content (AvgIpc) is 2.67. The molecule has 0 aliphatic rings. The molecule has 0 heterocycles. The van der Waals surface area contributed by atoms with E-state index in [1.54, 1.807) is 7.05 Å². The number of hydrogen-bond donors (Lipinski definition) is 2. The number of rotatable bonds is 8. The molecule has 0 spiro atoms. The fraction of sp³-hybridized carbons (Fsp3) is 0.263. The number of anilines is 1. The van der Waals surface area contributed by atoms with Crippen LogP contribution in [0, 0.1) is 17.0 Å². The van der Waals surface area contributed by atoms with Crippen molar-refractivity contribution >= 4 is 23.3 Å². The maximum atomic E-state index is 12.0. The molecule has 8 nitrogen and oxygen atoms in total. The lowest BCUT2D eigenvalue weighted by Crippen LogP contribution is -2.30. The quantitative estimate of drug-likeness (QED) is 0.419. The molecule has 2 aromatic carbocycles. The number of nitro benzene ring substituents is 1. The number of nitrogens with zero attached hydrogens (tertiary/aromatic N) is 1. The molecule has 0 saturated heterocycles. The third-order valence-electron chi connectivity index (χ3n) is 4.01. The van der Waals surface area contributed by atoms with Gasteiger partial charge in [0, 0.05) is 19.7 Å². The largest absolute Gasteiger partial charge is 0.452 e. The first-order chi connectivity index (χ1) is 12.9. The van der Waals surface area contributed by atoms with Gasteiger partial charge in [-0.1, -0.05) is 24.3 Å². The van der Waals surface area contributed by atoms with Crippen LogP contribution in [0.4, 0.5) is 11.4 Å².